The summed E-state index contributed by atoms with van der Waals surface area (Å²) in [4.78, 5) is 11.6. The third-order valence-electron chi connectivity index (χ3n) is 2.73. The molecule has 22 heavy (non-hydrogen) atoms. The van der Waals surface area contributed by atoms with Gasteiger partial charge < -0.3 is 5.32 Å². The van der Waals surface area contributed by atoms with Gasteiger partial charge in [-0.3, -0.25) is 9.48 Å². The van der Waals surface area contributed by atoms with Crippen molar-refractivity contribution in [1.29, 1.82) is 0 Å². The minimum atomic E-state index is -4.54. The Hall–Kier alpha value is -2.45. The summed E-state index contributed by atoms with van der Waals surface area (Å²) >= 11 is 0. The van der Waals surface area contributed by atoms with Gasteiger partial charge in [-0.2, -0.15) is 18.3 Å². The number of nitrogens with zero attached hydrogens (tertiary/aromatic N) is 2. The van der Waals surface area contributed by atoms with E-state index in [0.29, 0.717) is 6.07 Å². The number of nitrogens with one attached hydrogen (secondary N) is 1. The Kier molecular flexibility index (Phi) is 4.43. The number of benzene rings is 1. The number of rotatable bonds is 4. The number of amides is 1. The zero-order chi connectivity index (χ0) is 16.3. The van der Waals surface area contributed by atoms with Gasteiger partial charge in [0.2, 0.25) is 0 Å². The van der Waals surface area contributed by atoms with E-state index in [1.54, 1.807) is 0 Å². The molecule has 1 heterocycles. The third-order valence-corrected chi connectivity index (χ3v) is 2.73. The number of alkyl halides is 3. The van der Waals surface area contributed by atoms with E-state index in [0.717, 1.165) is 29.1 Å². The van der Waals surface area contributed by atoms with E-state index in [-0.39, 0.29) is 18.7 Å². The molecule has 1 amide bonds. The summed E-state index contributed by atoms with van der Waals surface area (Å²) < 4.78 is 64.1. The highest BCUT2D eigenvalue weighted by molar-refractivity contribution is 5.94. The van der Waals surface area contributed by atoms with Gasteiger partial charge in [-0.1, -0.05) is 0 Å². The number of hydrogen-bond acceptors (Lipinski definition) is 2. The lowest BCUT2D eigenvalue weighted by atomic mass is 10.2. The molecule has 4 nitrogen and oxygen atoms in total. The molecule has 0 saturated heterocycles. The maximum Gasteiger partial charge on any atom is 0.435 e. The number of carbonyl (C=O) groups excluding carboxylic acids is 1. The van der Waals surface area contributed by atoms with E-state index in [4.69, 9.17) is 0 Å². The molecule has 2 rings (SSSR count). The summed E-state index contributed by atoms with van der Waals surface area (Å²) in [6.07, 6.45) is -3.42. The van der Waals surface area contributed by atoms with Crippen molar-refractivity contribution < 1.29 is 26.7 Å². The van der Waals surface area contributed by atoms with Crippen molar-refractivity contribution in [2.24, 2.45) is 0 Å². The summed E-state index contributed by atoms with van der Waals surface area (Å²) in [7, 11) is 0. The van der Waals surface area contributed by atoms with Crippen LogP contribution < -0.4 is 5.32 Å². The zero-order valence-corrected chi connectivity index (χ0v) is 11.0. The lowest BCUT2D eigenvalue weighted by Gasteiger charge is -2.07. The van der Waals surface area contributed by atoms with E-state index >= 15 is 0 Å². The Morgan fingerprint density at radius 2 is 1.95 bits per heavy atom. The third kappa shape index (κ3) is 3.80. The predicted molar refractivity (Wildman–Crippen MR) is 65.9 cm³/mol. The predicted octanol–water partition coefficient (Wildman–Crippen LogP) is 2.61. The van der Waals surface area contributed by atoms with Crippen molar-refractivity contribution in [1.82, 2.24) is 15.1 Å². The molecule has 9 heteroatoms. The van der Waals surface area contributed by atoms with Crippen LogP contribution in [0.2, 0.25) is 0 Å². The van der Waals surface area contributed by atoms with Crippen LogP contribution in [0.5, 0.6) is 0 Å². The second kappa shape index (κ2) is 6.12. The molecule has 2 aromatic rings. The van der Waals surface area contributed by atoms with E-state index in [1.165, 1.54) is 0 Å². The fourth-order valence-electron chi connectivity index (χ4n) is 1.69. The van der Waals surface area contributed by atoms with E-state index in [9.17, 15) is 26.7 Å². The van der Waals surface area contributed by atoms with Gasteiger partial charge in [-0.25, -0.2) is 8.78 Å². The lowest BCUT2D eigenvalue weighted by molar-refractivity contribution is -0.141. The standard InChI is InChI=1S/C13H10F5N3O/c14-8-1-2-9(10(15)7-8)12(22)19-4-6-21-5-3-11(20-21)13(16,17)18/h1-3,5,7H,4,6H2,(H,19,22). The molecule has 0 saturated carbocycles. The highest BCUT2D eigenvalue weighted by atomic mass is 19.4. The molecule has 0 aliphatic rings. The summed E-state index contributed by atoms with van der Waals surface area (Å²) in [5.74, 6) is -2.62. The first kappa shape index (κ1) is 15.9. The SMILES string of the molecule is O=C(NCCn1ccc(C(F)(F)F)n1)c1ccc(F)cc1F. The molecule has 0 aliphatic carbocycles. The van der Waals surface area contributed by atoms with Crippen molar-refractivity contribution in [2.75, 3.05) is 6.54 Å². The number of aromatic nitrogens is 2. The number of carbonyl (C=O) groups is 1. The van der Waals surface area contributed by atoms with Crippen LogP contribution in [0.4, 0.5) is 22.0 Å². The Balaban J connectivity index is 1.91. The maximum absolute atomic E-state index is 13.3. The zero-order valence-electron chi connectivity index (χ0n) is 11.0. The molecule has 0 fully saturated rings. The second-order valence-electron chi connectivity index (χ2n) is 4.34. The van der Waals surface area contributed by atoms with Gasteiger partial charge in [0.25, 0.3) is 5.91 Å². The monoisotopic (exact) mass is 319 g/mol. The average Bonchev–Trinajstić information content (AvgIpc) is 2.87. The lowest BCUT2D eigenvalue weighted by Crippen LogP contribution is -2.28. The van der Waals surface area contributed by atoms with Crippen LogP contribution in [-0.4, -0.2) is 22.2 Å². The van der Waals surface area contributed by atoms with Crippen molar-refractivity contribution in [3.05, 3.63) is 53.4 Å². The van der Waals surface area contributed by atoms with Gasteiger partial charge in [-0.15, -0.1) is 0 Å². The summed E-state index contributed by atoms with van der Waals surface area (Å²) in [6.45, 7) is -0.0841. The minimum Gasteiger partial charge on any atom is -0.350 e. The van der Waals surface area contributed by atoms with Gasteiger partial charge >= 0.3 is 6.18 Å². The van der Waals surface area contributed by atoms with Gasteiger partial charge in [-0.05, 0) is 18.2 Å². The molecule has 0 spiro atoms. The Morgan fingerprint density at radius 1 is 1.23 bits per heavy atom. The molecule has 0 bridgehead atoms. The highest BCUT2D eigenvalue weighted by Crippen LogP contribution is 2.27. The first-order valence-corrected chi connectivity index (χ1v) is 6.11. The van der Waals surface area contributed by atoms with Crippen molar-refractivity contribution in [3.63, 3.8) is 0 Å². The molecular formula is C13H10F5N3O. The largest absolute Gasteiger partial charge is 0.435 e. The second-order valence-corrected chi connectivity index (χ2v) is 4.34. The van der Waals surface area contributed by atoms with Crippen LogP contribution >= 0.6 is 0 Å². The van der Waals surface area contributed by atoms with Crippen molar-refractivity contribution in [3.8, 4) is 0 Å². The first-order valence-electron chi connectivity index (χ1n) is 6.11. The molecule has 118 valence electrons. The molecule has 1 aromatic carbocycles. The summed E-state index contributed by atoms with van der Waals surface area (Å²) in [5, 5.41) is 5.61. The average molecular weight is 319 g/mol. The van der Waals surface area contributed by atoms with Gasteiger partial charge in [0.15, 0.2) is 5.69 Å². The highest BCUT2D eigenvalue weighted by Gasteiger charge is 2.33. The Labute approximate surface area is 121 Å². The molecular weight excluding hydrogens is 309 g/mol. The quantitative estimate of drug-likeness (QED) is 0.881. The van der Waals surface area contributed by atoms with Crippen LogP contribution in [-0.2, 0) is 12.7 Å². The molecule has 1 N–H and O–H groups in total. The molecule has 1 aromatic heterocycles. The van der Waals surface area contributed by atoms with Crippen molar-refractivity contribution in [2.45, 2.75) is 12.7 Å². The van der Waals surface area contributed by atoms with Crippen LogP contribution in [0.25, 0.3) is 0 Å². The van der Waals surface area contributed by atoms with Crippen LogP contribution in [0.1, 0.15) is 16.1 Å². The van der Waals surface area contributed by atoms with Gasteiger partial charge in [0, 0.05) is 18.8 Å². The van der Waals surface area contributed by atoms with E-state index in [2.05, 4.69) is 10.4 Å². The first-order chi connectivity index (χ1) is 10.3. The fourth-order valence-corrected chi connectivity index (χ4v) is 1.69. The van der Waals surface area contributed by atoms with Gasteiger partial charge in [0.05, 0.1) is 12.1 Å². The minimum absolute atomic E-state index is 0.0232. The van der Waals surface area contributed by atoms with E-state index < -0.39 is 29.4 Å². The van der Waals surface area contributed by atoms with Gasteiger partial charge in [0.1, 0.15) is 11.6 Å². The Morgan fingerprint density at radius 3 is 2.55 bits per heavy atom. The maximum atomic E-state index is 13.3. The number of halogens is 5. The normalized spacial score (nSPS) is 11.5. The molecule has 0 atom stereocenters. The molecule has 0 aliphatic heterocycles. The van der Waals surface area contributed by atoms with E-state index in [1.807, 2.05) is 0 Å². The molecule has 0 radical (unpaired) electrons. The Bertz CT molecular complexity index is 681. The van der Waals surface area contributed by atoms with Crippen LogP contribution in [0.15, 0.2) is 30.5 Å². The van der Waals surface area contributed by atoms with Crippen LogP contribution in [0.3, 0.4) is 0 Å². The smallest absolute Gasteiger partial charge is 0.350 e. The topological polar surface area (TPSA) is 46.9 Å². The number of hydrogen-bond donors (Lipinski definition) is 1. The fraction of sp³-hybridized carbons (Fsp3) is 0.231. The van der Waals surface area contributed by atoms with Crippen LogP contribution in [0, 0.1) is 11.6 Å². The summed E-state index contributed by atoms with van der Waals surface area (Å²) in [6, 6.07) is 3.29. The van der Waals surface area contributed by atoms with Crippen molar-refractivity contribution >= 4 is 5.91 Å². The molecule has 0 unspecified atom stereocenters. The summed E-state index contributed by atoms with van der Waals surface area (Å²) in [5.41, 5.74) is -1.39.